The fourth-order valence-corrected chi connectivity index (χ4v) is 1.88. The van der Waals surface area contributed by atoms with Crippen LogP contribution in [0.15, 0.2) is 36.4 Å². The van der Waals surface area contributed by atoms with Gasteiger partial charge in [0.1, 0.15) is 0 Å². The van der Waals surface area contributed by atoms with E-state index < -0.39 is 0 Å². The third-order valence-electron chi connectivity index (χ3n) is 2.70. The zero-order chi connectivity index (χ0) is 14.4. The van der Waals surface area contributed by atoms with Gasteiger partial charge in [-0.1, -0.05) is 30.3 Å². The molecule has 0 spiro atoms. The molecule has 0 saturated carbocycles. The van der Waals surface area contributed by atoms with Gasteiger partial charge in [-0.3, -0.25) is 0 Å². The van der Waals surface area contributed by atoms with Crippen molar-refractivity contribution in [2.24, 2.45) is 0 Å². The van der Waals surface area contributed by atoms with Gasteiger partial charge in [-0.15, -0.1) is 11.6 Å². The molecule has 20 heavy (non-hydrogen) atoms. The number of anilines is 1. The zero-order valence-electron chi connectivity index (χ0n) is 11.3. The molecule has 0 aliphatic carbocycles. The maximum Gasteiger partial charge on any atom is 0.229 e. The SMILES string of the molecule is COc1cc(OC)nc(NCC(Cl)c2ccccc2)n1. The Kier molecular flexibility index (Phi) is 5.01. The van der Waals surface area contributed by atoms with E-state index in [9.17, 15) is 0 Å². The van der Waals surface area contributed by atoms with Crippen LogP contribution in [0.25, 0.3) is 0 Å². The highest BCUT2D eigenvalue weighted by Crippen LogP contribution is 2.22. The maximum absolute atomic E-state index is 6.32. The van der Waals surface area contributed by atoms with E-state index in [1.807, 2.05) is 30.3 Å². The summed E-state index contributed by atoms with van der Waals surface area (Å²) in [5.74, 6) is 1.29. The molecule has 5 nitrogen and oxygen atoms in total. The van der Waals surface area contributed by atoms with Gasteiger partial charge < -0.3 is 14.8 Å². The van der Waals surface area contributed by atoms with E-state index in [-0.39, 0.29) is 5.38 Å². The highest BCUT2D eigenvalue weighted by Gasteiger charge is 2.09. The lowest BCUT2D eigenvalue weighted by Crippen LogP contribution is -2.11. The average molecular weight is 294 g/mol. The normalized spacial score (nSPS) is 11.8. The Hall–Kier alpha value is -2.01. The fraction of sp³-hybridized carbons (Fsp3) is 0.286. The van der Waals surface area contributed by atoms with E-state index in [2.05, 4.69) is 15.3 Å². The van der Waals surface area contributed by atoms with E-state index in [0.717, 1.165) is 5.56 Å². The van der Waals surface area contributed by atoms with Crippen LogP contribution in [0.3, 0.4) is 0 Å². The van der Waals surface area contributed by atoms with Crippen LogP contribution in [0.1, 0.15) is 10.9 Å². The monoisotopic (exact) mass is 293 g/mol. The van der Waals surface area contributed by atoms with Crippen LogP contribution in [0, 0.1) is 0 Å². The molecule has 6 heteroatoms. The van der Waals surface area contributed by atoms with Crippen LogP contribution < -0.4 is 14.8 Å². The maximum atomic E-state index is 6.32. The number of benzene rings is 1. The first-order valence-electron chi connectivity index (χ1n) is 6.13. The number of halogens is 1. The summed E-state index contributed by atoms with van der Waals surface area (Å²) in [6.07, 6.45) is 0. The van der Waals surface area contributed by atoms with E-state index in [4.69, 9.17) is 21.1 Å². The lowest BCUT2D eigenvalue weighted by molar-refractivity contribution is 0.373. The molecule has 0 bridgehead atoms. The van der Waals surface area contributed by atoms with Crippen LogP contribution in [-0.4, -0.2) is 30.7 Å². The van der Waals surface area contributed by atoms with E-state index >= 15 is 0 Å². The Balaban J connectivity index is 2.03. The molecule has 0 radical (unpaired) electrons. The summed E-state index contributed by atoms with van der Waals surface area (Å²) in [5, 5.41) is 2.91. The van der Waals surface area contributed by atoms with Crippen molar-refractivity contribution in [3.8, 4) is 11.8 Å². The van der Waals surface area contributed by atoms with Gasteiger partial charge in [0.2, 0.25) is 17.7 Å². The molecule has 1 heterocycles. The summed E-state index contributed by atoms with van der Waals surface area (Å²) in [6.45, 7) is 0.502. The third kappa shape index (κ3) is 3.74. The number of rotatable bonds is 6. The molecule has 2 aromatic rings. The number of ether oxygens (including phenoxy) is 2. The molecule has 0 aliphatic heterocycles. The van der Waals surface area contributed by atoms with E-state index in [1.54, 1.807) is 20.3 Å². The van der Waals surface area contributed by atoms with Crippen molar-refractivity contribution in [3.05, 3.63) is 42.0 Å². The summed E-state index contributed by atoms with van der Waals surface area (Å²) >= 11 is 6.32. The molecule has 1 unspecified atom stereocenters. The van der Waals surface area contributed by atoms with Gasteiger partial charge in [-0.25, -0.2) is 0 Å². The Morgan fingerprint density at radius 3 is 2.25 bits per heavy atom. The molecule has 0 aliphatic rings. The Bertz CT molecular complexity index is 529. The third-order valence-corrected chi connectivity index (χ3v) is 3.10. The highest BCUT2D eigenvalue weighted by molar-refractivity contribution is 6.21. The van der Waals surface area contributed by atoms with E-state index in [0.29, 0.717) is 24.3 Å². The molecule has 0 saturated heterocycles. The molecule has 1 atom stereocenters. The molecule has 106 valence electrons. The number of methoxy groups -OCH3 is 2. The fourth-order valence-electron chi connectivity index (χ4n) is 1.65. The first kappa shape index (κ1) is 14.4. The Morgan fingerprint density at radius 2 is 1.70 bits per heavy atom. The molecule has 0 fully saturated rings. The van der Waals surface area contributed by atoms with Crippen molar-refractivity contribution in [1.29, 1.82) is 0 Å². The molecular formula is C14H16ClN3O2. The number of aromatic nitrogens is 2. The summed E-state index contributed by atoms with van der Waals surface area (Å²) in [7, 11) is 3.08. The molecule has 1 N–H and O–H groups in total. The largest absolute Gasteiger partial charge is 0.481 e. The van der Waals surface area contributed by atoms with Crippen molar-refractivity contribution in [3.63, 3.8) is 0 Å². The standard InChI is InChI=1S/C14H16ClN3O2/c1-19-12-8-13(20-2)18-14(17-12)16-9-11(15)10-6-4-3-5-7-10/h3-8,11H,9H2,1-2H3,(H,16,17,18). The lowest BCUT2D eigenvalue weighted by atomic mass is 10.1. The highest BCUT2D eigenvalue weighted by atomic mass is 35.5. The van der Waals surface area contributed by atoms with Gasteiger partial charge in [0.25, 0.3) is 0 Å². The van der Waals surface area contributed by atoms with Crippen LogP contribution in [0.5, 0.6) is 11.8 Å². The molecule has 1 aromatic heterocycles. The summed E-state index contributed by atoms with van der Waals surface area (Å²) in [5.41, 5.74) is 1.04. The topological polar surface area (TPSA) is 56.3 Å². The molecule has 2 rings (SSSR count). The first-order valence-corrected chi connectivity index (χ1v) is 6.56. The van der Waals surface area contributed by atoms with Gasteiger partial charge in [-0.05, 0) is 5.56 Å². The summed E-state index contributed by atoms with van der Waals surface area (Å²) in [4.78, 5) is 8.36. The summed E-state index contributed by atoms with van der Waals surface area (Å²) < 4.78 is 10.2. The first-order chi connectivity index (χ1) is 9.72. The predicted octanol–water partition coefficient (Wildman–Crippen LogP) is 2.89. The van der Waals surface area contributed by atoms with Crippen molar-refractivity contribution < 1.29 is 9.47 Å². The predicted molar refractivity (Wildman–Crippen MR) is 78.7 cm³/mol. The number of nitrogens with zero attached hydrogens (tertiary/aromatic N) is 2. The van der Waals surface area contributed by atoms with Crippen molar-refractivity contribution >= 4 is 17.5 Å². The van der Waals surface area contributed by atoms with Crippen LogP contribution >= 0.6 is 11.6 Å². The number of hydrogen-bond donors (Lipinski definition) is 1. The lowest BCUT2D eigenvalue weighted by Gasteiger charge is -2.12. The van der Waals surface area contributed by atoms with Gasteiger partial charge >= 0.3 is 0 Å². The minimum atomic E-state index is -0.169. The van der Waals surface area contributed by atoms with Gasteiger partial charge in [0.05, 0.1) is 25.7 Å². The molecule has 1 aromatic carbocycles. The second-order valence-electron chi connectivity index (χ2n) is 4.04. The average Bonchev–Trinajstić information content (AvgIpc) is 2.53. The van der Waals surface area contributed by atoms with Crippen molar-refractivity contribution in [1.82, 2.24) is 9.97 Å². The van der Waals surface area contributed by atoms with Crippen LogP contribution in [-0.2, 0) is 0 Å². The molecular weight excluding hydrogens is 278 g/mol. The second-order valence-corrected chi connectivity index (χ2v) is 4.56. The van der Waals surface area contributed by atoms with Crippen LogP contribution in [0.2, 0.25) is 0 Å². The number of nitrogens with one attached hydrogen (secondary N) is 1. The summed E-state index contributed by atoms with van der Waals surface area (Å²) in [6, 6.07) is 11.4. The van der Waals surface area contributed by atoms with Crippen molar-refractivity contribution in [2.75, 3.05) is 26.1 Å². The van der Waals surface area contributed by atoms with E-state index in [1.165, 1.54) is 0 Å². The minimum Gasteiger partial charge on any atom is -0.481 e. The van der Waals surface area contributed by atoms with Gasteiger partial charge in [0.15, 0.2) is 0 Å². The number of hydrogen-bond acceptors (Lipinski definition) is 5. The van der Waals surface area contributed by atoms with Gasteiger partial charge in [0, 0.05) is 6.54 Å². The number of alkyl halides is 1. The van der Waals surface area contributed by atoms with Crippen LogP contribution in [0.4, 0.5) is 5.95 Å². The smallest absolute Gasteiger partial charge is 0.229 e. The van der Waals surface area contributed by atoms with Gasteiger partial charge in [-0.2, -0.15) is 9.97 Å². The Morgan fingerprint density at radius 1 is 1.10 bits per heavy atom. The quantitative estimate of drug-likeness (QED) is 0.830. The Labute approximate surface area is 122 Å². The molecule has 0 amide bonds. The van der Waals surface area contributed by atoms with Crippen molar-refractivity contribution in [2.45, 2.75) is 5.38 Å². The second kappa shape index (κ2) is 6.96. The minimum absolute atomic E-state index is 0.169. The zero-order valence-corrected chi connectivity index (χ0v) is 12.1.